The molecule has 2 aliphatic carbocycles. The molecule has 0 saturated heterocycles. The van der Waals surface area contributed by atoms with Gasteiger partial charge in [0.2, 0.25) is 10.0 Å². The van der Waals surface area contributed by atoms with Crippen LogP contribution in [0.25, 0.3) is 10.9 Å². The number of halogens is 1. The number of nitrogens with one attached hydrogen (secondary N) is 2. The number of hydrogen-bond acceptors (Lipinski definition) is 3. The van der Waals surface area contributed by atoms with E-state index in [9.17, 15) is 13.2 Å². The molecular formula is C21H28BrN3O3S. The van der Waals surface area contributed by atoms with Crippen LogP contribution >= 0.6 is 15.9 Å². The number of fused-ring (bicyclic) bond motifs is 3. The number of aromatic nitrogens is 1. The molecule has 2 fully saturated rings. The van der Waals surface area contributed by atoms with Gasteiger partial charge in [-0.15, -0.1) is 0 Å². The largest absolute Gasteiger partial charge is 0.349 e. The SMILES string of the molecule is Cc1c(C(=O)NC2CC3CCC(C3)C2)c2cccc(Br)c2n1CCNS(C)(=O)=O. The van der Waals surface area contributed by atoms with Crippen molar-refractivity contribution in [3.05, 3.63) is 33.9 Å². The van der Waals surface area contributed by atoms with E-state index in [1.165, 1.54) is 19.3 Å². The Labute approximate surface area is 180 Å². The Morgan fingerprint density at radius 2 is 1.90 bits per heavy atom. The van der Waals surface area contributed by atoms with Gasteiger partial charge in [0.25, 0.3) is 5.91 Å². The normalized spacial score (nSPS) is 24.2. The van der Waals surface area contributed by atoms with Gasteiger partial charge < -0.3 is 9.88 Å². The molecule has 0 spiro atoms. The lowest BCUT2D eigenvalue weighted by Crippen LogP contribution is -2.39. The van der Waals surface area contributed by atoms with Crippen molar-refractivity contribution in [2.75, 3.05) is 12.8 Å². The molecule has 2 atom stereocenters. The maximum atomic E-state index is 13.3. The monoisotopic (exact) mass is 481 g/mol. The van der Waals surface area contributed by atoms with Crippen LogP contribution in [0.3, 0.4) is 0 Å². The summed E-state index contributed by atoms with van der Waals surface area (Å²) < 4.78 is 28.3. The van der Waals surface area contributed by atoms with Crippen molar-refractivity contribution in [3.8, 4) is 0 Å². The molecule has 2 aromatic rings. The smallest absolute Gasteiger partial charge is 0.253 e. The van der Waals surface area contributed by atoms with Gasteiger partial charge in [0.05, 0.1) is 17.3 Å². The standard InChI is InChI=1S/C21H28BrN3O3S/c1-13-19(21(26)24-16-11-14-6-7-15(10-14)12-16)17-4-3-5-18(22)20(17)25(13)9-8-23-29(2,27)28/h3-5,14-16,23H,6-12H2,1-2H3,(H,24,26). The maximum Gasteiger partial charge on any atom is 0.253 e. The van der Waals surface area contributed by atoms with Crippen molar-refractivity contribution in [2.24, 2.45) is 11.8 Å². The molecular weight excluding hydrogens is 454 g/mol. The molecule has 29 heavy (non-hydrogen) atoms. The zero-order valence-electron chi connectivity index (χ0n) is 16.9. The van der Waals surface area contributed by atoms with Crippen molar-refractivity contribution < 1.29 is 13.2 Å². The minimum Gasteiger partial charge on any atom is -0.349 e. The number of amides is 1. The van der Waals surface area contributed by atoms with Gasteiger partial charge in [-0.1, -0.05) is 25.0 Å². The number of carbonyl (C=O) groups excluding carboxylic acids is 1. The first-order valence-electron chi connectivity index (χ1n) is 10.3. The van der Waals surface area contributed by atoms with Crippen molar-refractivity contribution in [1.82, 2.24) is 14.6 Å². The molecule has 2 saturated carbocycles. The van der Waals surface area contributed by atoms with E-state index in [-0.39, 0.29) is 18.5 Å². The number of hydrogen-bond donors (Lipinski definition) is 2. The molecule has 4 rings (SSSR count). The molecule has 1 aromatic heterocycles. The van der Waals surface area contributed by atoms with Crippen LogP contribution in [0, 0.1) is 18.8 Å². The third-order valence-corrected chi connectivity index (χ3v) is 7.81. The molecule has 1 amide bonds. The Hall–Kier alpha value is -1.38. The summed E-state index contributed by atoms with van der Waals surface area (Å²) >= 11 is 3.61. The lowest BCUT2D eigenvalue weighted by atomic mass is 9.85. The molecule has 6 nitrogen and oxygen atoms in total. The van der Waals surface area contributed by atoms with Gasteiger partial charge in [0.15, 0.2) is 0 Å². The lowest BCUT2D eigenvalue weighted by Gasteiger charge is -2.28. The van der Waals surface area contributed by atoms with Crippen molar-refractivity contribution in [2.45, 2.75) is 51.6 Å². The van der Waals surface area contributed by atoms with E-state index in [1.54, 1.807) is 0 Å². The Kier molecular flexibility index (Phi) is 5.79. The maximum absolute atomic E-state index is 13.3. The summed E-state index contributed by atoms with van der Waals surface area (Å²) in [5, 5.41) is 4.20. The van der Waals surface area contributed by atoms with Gasteiger partial charge >= 0.3 is 0 Å². The van der Waals surface area contributed by atoms with Crippen LogP contribution in [0.4, 0.5) is 0 Å². The van der Waals surface area contributed by atoms with E-state index in [0.717, 1.165) is 52.0 Å². The highest BCUT2D eigenvalue weighted by atomic mass is 79.9. The molecule has 2 N–H and O–H groups in total. The summed E-state index contributed by atoms with van der Waals surface area (Å²) in [7, 11) is -3.26. The summed E-state index contributed by atoms with van der Waals surface area (Å²) in [6.07, 6.45) is 7.25. The fourth-order valence-electron chi connectivity index (χ4n) is 5.28. The average molecular weight is 482 g/mol. The van der Waals surface area contributed by atoms with Gasteiger partial charge in [-0.2, -0.15) is 0 Å². The summed E-state index contributed by atoms with van der Waals surface area (Å²) in [6.45, 7) is 2.67. The van der Waals surface area contributed by atoms with E-state index in [0.29, 0.717) is 12.1 Å². The van der Waals surface area contributed by atoms with Gasteiger partial charge in [0.1, 0.15) is 0 Å². The van der Waals surface area contributed by atoms with Gasteiger partial charge in [-0.05, 0) is 60.0 Å². The topological polar surface area (TPSA) is 80.2 Å². The van der Waals surface area contributed by atoms with Crippen LogP contribution < -0.4 is 10.0 Å². The molecule has 2 aliphatic rings. The highest BCUT2D eigenvalue weighted by Gasteiger charge is 2.35. The van der Waals surface area contributed by atoms with Crippen molar-refractivity contribution >= 4 is 42.8 Å². The van der Waals surface area contributed by atoms with E-state index >= 15 is 0 Å². The Morgan fingerprint density at radius 1 is 1.21 bits per heavy atom. The predicted octanol–water partition coefficient (Wildman–Crippen LogP) is 3.57. The van der Waals surface area contributed by atoms with Gasteiger partial charge in [-0.25, -0.2) is 13.1 Å². The van der Waals surface area contributed by atoms with Crippen LogP contribution in [-0.4, -0.2) is 37.7 Å². The molecule has 1 heterocycles. The van der Waals surface area contributed by atoms with Gasteiger partial charge in [0, 0.05) is 34.7 Å². The zero-order valence-corrected chi connectivity index (χ0v) is 19.3. The number of carbonyl (C=O) groups is 1. The first-order valence-corrected chi connectivity index (χ1v) is 12.9. The van der Waals surface area contributed by atoms with E-state index < -0.39 is 10.0 Å². The first kappa shape index (κ1) is 20.9. The van der Waals surface area contributed by atoms with E-state index in [4.69, 9.17) is 0 Å². The predicted molar refractivity (Wildman–Crippen MR) is 119 cm³/mol. The second-order valence-electron chi connectivity index (χ2n) is 8.60. The molecule has 8 heteroatoms. The number of rotatable bonds is 6. The fraction of sp³-hybridized carbons (Fsp3) is 0.571. The number of benzene rings is 1. The Morgan fingerprint density at radius 3 is 2.55 bits per heavy atom. The molecule has 0 radical (unpaired) electrons. The van der Waals surface area contributed by atoms with Crippen molar-refractivity contribution in [1.29, 1.82) is 0 Å². The minimum atomic E-state index is -3.26. The zero-order chi connectivity index (χ0) is 20.8. The van der Waals surface area contributed by atoms with E-state index in [2.05, 4.69) is 26.0 Å². The third-order valence-electron chi connectivity index (χ3n) is 6.44. The Bertz CT molecular complexity index is 1040. The third kappa shape index (κ3) is 4.39. The first-order chi connectivity index (χ1) is 13.7. The summed E-state index contributed by atoms with van der Waals surface area (Å²) in [5.74, 6) is 1.50. The highest BCUT2D eigenvalue weighted by molar-refractivity contribution is 9.10. The average Bonchev–Trinajstić information content (AvgIpc) is 3.11. The molecule has 158 valence electrons. The van der Waals surface area contributed by atoms with Crippen molar-refractivity contribution in [3.63, 3.8) is 0 Å². The van der Waals surface area contributed by atoms with Crippen LogP contribution in [0.15, 0.2) is 22.7 Å². The molecule has 2 unspecified atom stereocenters. The van der Waals surface area contributed by atoms with E-state index in [1.807, 2.05) is 29.7 Å². The summed E-state index contributed by atoms with van der Waals surface area (Å²) in [4.78, 5) is 13.3. The second kappa shape index (κ2) is 8.04. The number of para-hydroxylation sites is 1. The van der Waals surface area contributed by atoms with Crippen LogP contribution in [0.5, 0.6) is 0 Å². The van der Waals surface area contributed by atoms with Gasteiger partial charge in [-0.3, -0.25) is 4.79 Å². The van der Waals surface area contributed by atoms with Crippen LogP contribution in [-0.2, 0) is 16.6 Å². The number of nitrogens with zero attached hydrogens (tertiary/aromatic N) is 1. The molecule has 0 aliphatic heterocycles. The molecule has 2 bridgehead atoms. The quantitative estimate of drug-likeness (QED) is 0.661. The minimum absolute atomic E-state index is 0.0216. The van der Waals surface area contributed by atoms with Crippen LogP contribution in [0.2, 0.25) is 0 Å². The summed E-state index contributed by atoms with van der Waals surface area (Å²) in [6, 6.07) is 6.10. The Balaban J connectivity index is 1.62. The fourth-order valence-corrected chi connectivity index (χ4v) is 6.32. The van der Waals surface area contributed by atoms with Crippen LogP contribution in [0.1, 0.15) is 48.2 Å². The highest BCUT2D eigenvalue weighted by Crippen LogP contribution is 2.42. The molecule has 1 aromatic carbocycles. The lowest BCUT2D eigenvalue weighted by molar-refractivity contribution is 0.0919. The summed E-state index contributed by atoms with van der Waals surface area (Å²) in [5.41, 5.74) is 2.48. The second-order valence-corrected chi connectivity index (χ2v) is 11.3. The number of sulfonamides is 1.